The van der Waals surface area contributed by atoms with E-state index in [0.717, 1.165) is 12.4 Å². The lowest BCUT2D eigenvalue weighted by Crippen LogP contribution is -2.48. The summed E-state index contributed by atoms with van der Waals surface area (Å²) in [5.74, 6) is 0.653. The van der Waals surface area contributed by atoms with Gasteiger partial charge in [0.2, 0.25) is 11.8 Å². The Hall–Kier alpha value is -2.15. The van der Waals surface area contributed by atoms with Gasteiger partial charge in [0.05, 0.1) is 23.8 Å². The van der Waals surface area contributed by atoms with Crippen molar-refractivity contribution in [1.82, 2.24) is 10.3 Å². The van der Waals surface area contributed by atoms with Crippen molar-refractivity contribution < 1.29 is 9.59 Å². The molecule has 1 aromatic rings. The van der Waals surface area contributed by atoms with Crippen molar-refractivity contribution in [2.75, 3.05) is 36.4 Å². The highest BCUT2D eigenvalue weighted by Gasteiger charge is 2.33. The molecule has 1 aliphatic rings. The molecule has 126 valence electrons. The van der Waals surface area contributed by atoms with Gasteiger partial charge in [0, 0.05) is 19.6 Å². The molecule has 23 heavy (non-hydrogen) atoms. The summed E-state index contributed by atoms with van der Waals surface area (Å²) in [5.41, 5.74) is 5.90. The number of anilines is 2. The highest BCUT2D eigenvalue weighted by molar-refractivity contribution is 5.95. The zero-order valence-electron chi connectivity index (χ0n) is 13.8. The van der Waals surface area contributed by atoms with Crippen molar-refractivity contribution in [3.05, 3.63) is 18.3 Å². The number of rotatable bonds is 6. The minimum absolute atomic E-state index is 0.00551. The minimum Gasteiger partial charge on any atom is -0.353 e. The van der Waals surface area contributed by atoms with Crippen LogP contribution in [0, 0.1) is 5.41 Å². The predicted molar refractivity (Wildman–Crippen MR) is 90.2 cm³/mol. The van der Waals surface area contributed by atoms with E-state index in [9.17, 15) is 9.59 Å². The Kier molecular flexibility index (Phi) is 5.54. The summed E-state index contributed by atoms with van der Waals surface area (Å²) < 4.78 is 0. The Bertz CT molecular complexity index is 546. The summed E-state index contributed by atoms with van der Waals surface area (Å²) in [6.45, 7) is 5.91. The SMILES string of the molecule is CCC(CC)(CN)C(=O)Nc1ccc(N2CCNC(=O)C2)nc1. The number of piperazine rings is 1. The molecule has 0 unspecified atom stereocenters. The highest BCUT2D eigenvalue weighted by atomic mass is 16.2. The zero-order valence-corrected chi connectivity index (χ0v) is 13.8. The first-order valence-electron chi connectivity index (χ1n) is 8.04. The first-order chi connectivity index (χ1) is 11.0. The van der Waals surface area contributed by atoms with Gasteiger partial charge in [-0.3, -0.25) is 9.59 Å². The molecule has 2 heterocycles. The van der Waals surface area contributed by atoms with Crippen LogP contribution in [-0.2, 0) is 9.59 Å². The predicted octanol–water partition coefficient (Wildman–Crippen LogP) is 0.721. The standard InChI is InChI=1S/C16H25N5O2/c1-3-16(4-2,11-17)15(23)20-12-5-6-13(19-9-12)21-8-7-18-14(22)10-21/h5-6,9H,3-4,7-8,10-11,17H2,1-2H3,(H,18,22)(H,20,23). The van der Waals surface area contributed by atoms with E-state index in [0.29, 0.717) is 38.2 Å². The number of amides is 2. The van der Waals surface area contributed by atoms with Crippen LogP contribution in [0.5, 0.6) is 0 Å². The number of aromatic nitrogens is 1. The molecule has 1 saturated heterocycles. The molecule has 4 N–H and O–H groups in total. The third-order valence-corrected chi connectivity index (χ3v) is 4.59. The molecule has 0 aromatic carbocycles. The maximum absolute atomic E-state index is 12.5. The maximum atomic E-state index is 12.5. The van der Waals surface area contributed by atoms with Gasteiger partial charge in [-0.15, -0.1) is 0 Å². The lowest BCUT2D eigenvalue weighted by molar-refractivity contribution is -0.125. The van der Waals surface area contributed by atoms with Crippen LogP contribution in [0.25, 0.3) is 0 Å². The van der Waals surface area contributed by atoms with Crippen LogP contribution in [0.3, 0.4) is 0 Å². The molecule has 1 aliphatic heterocycles. The van der Waals surface area contributed by atoms with Gasteiger partial charge in [0.15, 0.2) is 0 Å². The van der Waals surface area contributed by atoms with Crippen molar-refractivity contribution in [1.29, 1.82) is 0 Å². The molecule has 7 heteroatoms. The van der Waals surface area contributed by atoms with Gasteiger partial charge >= 0.3 is 0 Å². The fraction of sp³-hybridized carbons (Fsp3) is 0.562. The summed E-state index contributed by atoms with van der Waals surface area (Å²) in [4.78, 5) is 30.2. The van der Waals surface area contributed by atoms with E-state index in [1.807, 2.05) is 24.8 Å². The summed E-state index contributed by atoms with van der Waals surface area (Å²) in [7, 11) is 0. The Morgan fingerprint density at radius 2 is 2.17 bits per heavy atom. The third kappa shape index (κ3) is 3.79. The van der Waals surface area contributed by atoms with Crippen LogP contribution in [0.4, 0.5) is 11.5 Å². The van der Waals surface area contributed by atoms with E-state index in [1.54, 1.807) is 12.3 Å². The fourth-order valence-corrected chi connectivity index (χ4v) is 2.70. The molecule has 0 aliphatic carbocycles. The van der Waals surface area contributed by atoms with Crippen LogP contribution in [0.1, 0.15) is 26.7 Å². The maximum Gasteiger partial charge on any atom is 0.239 e. The van der Waals surface area contributed by atoms with Gasteiger partial charge in [0.1, 0.15) is 5.82 Å². The number of nitrogens with one attached hydrogen (secondary N) is 2. The molecule has 0 spiro atoms. The molecule has 1 fully saturated rings. The number of hydrogen-bond acceptors (Lipinski definition) is 5. The van der Waals surface area contributed by atoms with E-state index in [4.69, 9.17) is 5.73 Å². The van der Waals surface area contributed by atoms with Crippen LogP contribution in [0.2, 0.25) is 0 Å². The average molecular weight is 319 g/mol. The molecular weight excluding hydrogens is 294 g/mol. The average Bonchev–Trinajstić information content (AvgIpc) is 2.58. The molecule has 1 aromatic heterocycles. The molecule has 2 amide bonds. The third-order valence-electron chi connectivity index (χ3n) is 4.59. The van der Waals surface area contributed by atoms with E-state index >= 15 is 0 Å². The molecule has 0 bridgehead atoms. The molecule has 0 saturated carbocycles. The van der Waals surface area contributed by atoms with Crippen molar-refractivity contribution in [3.8, 4) is 0 Å². The largest absolute Gasteiger partial charge is 0.353 e. The molecule has 0 atom stereocenters. The number of pyridine rings is 1. The van der Waals surface area contributed by atoms with Crippen molar-refractivity contribution in [2.24, 2.45) is 11.1 Å². The van der Waals surface area contributed by atoms with Gasteiger partial charge < -0.3 is 21.3 Å². The quantitative estimate of drug-likeness (QED) is 0.717. The normalized spacial score (nSPS) is 15.3. The van der Waals surface area contributed by atoms with Gasteiger partial charge in [-0.25, -0.2) is 4.98 Å². The van der Waals surface area contributed by atoms with Crippen molar-refractivity contribution in [3.63, 3.8) is 0 Å². The lowest BCUT2D eigenvalue weighted by Gasteiger charge is -2.29. The topological polar surface area (TPSA) is 100 Å². The summed E-state index contributed by atoms with van der Waals surface area (Å²) in [5, 5.41) is 5.67. The van der Waals surface area contributed by atoms with Crippen LogP contribution in [0.15, 0.2) is 18.3 Å². The van der Waals surface area contributed by atoms with Gasteiger partial charge in [0.25, 0.3) is 0 Å². The molecule has 0 radical (unpaired) electrons. The van der Waals surface area contributed by atoms with E-state index < -0.39 is 5.41 Å². The zero-order chi connectivity index (χ0) is 16.9. The smallest absolute Gasteiger partial charge is 0.239 e. The second kappa shape index (κ2) is 7.41. The van der Waals surface area contributed by atoms with Crippen molar-refractivity contribution >= 4 is 23.3 Å². The Morgan fingerprint density at radius 1 is 1.43 bits per heavy atom. The van der Waals surface area contributed by atoms with Crippen LogP contribution < -0.4 is 21.3 Å². The Morgan fingerprint density at radius 3 is 2.70 bits per heavy atom. The van der Waals surface area contributed by atoms with Crippen LogP contribution in [-0.4, -0.2) is 43.0 Å². The lowest BCUT2D eigenvalue weighted by atomic mass is 9.81. The number of carbonyl (C=O) groups is 2. The Labute approximate surface area is 136 Å². The monoisotopic (exact) mass is 319 g/mol. The van der Waals surface area contributed by atoms with Gasteiger partial charge in [-0.05, 0) is 25.0 Å². The molecule has 7 nitrogen and oxygen atoms in total. The number of nitrogens with zero attached hydrogens (tertiary/aromatic N) is 2. The fourth-order valence-electron chi connectivity index (χ4n) is 2.70. The first kappa shape index (κ1) is 17.2. The van der Waals surface area contributed by atoms with Crippen molar-refractivity contribution in [2.45, 2.75) is 26.7 Å². The summed E-state index contributed by atoms with van der Waals surface area (Å²) in [6, 6.07) is 3.62. The minimum atomic E-state index is -0.538. The molecule has 2 rings (SSSR count). The highest BCUT2D eigenvalue weighted by Crippen LogP contribution is 2.27. The van der Waals surface area contributed by atoms with Gasteiger partial charge in [-0.2, -0.15) is 0 Å². The van der Waals surface area contributed by atoms with Gasteiger partial charge in [-0.1, -0.05) is 13.8 Å². The van der Waals surface area contributed by atoms with Crippen LogP contribution >= 0.6 is 0 Å². The van der Waals surface area contributed by atoms with E-state index in [1.165, 1.54) is 0 Å². The van der Waals surface area contributed by atoms with E-state index in [2.05, 4.69) is 15.6 Å². The Balaban J connectivity index is 2.05. The second-order valence-electron chi connectivity index (χ2n) is 5.82. The van der Waals surface area contributed by atoms with E-state index in [-0.39, 0.29) is 11.8 Å². The summed E-state index contributed by atoms with van der Waals surface area (Å²) >= 11 is 0. The first-order valence-corrected chi connectivity index (χ1v) is 8.04. The second-order valence-corrected chi connectivity index (χ2v) is 5.82. The molecular formula is C16H25N5O2. The number of carbonyl (C=O) groups excluding carboxylic acids is 2. The summed E-state index contributed by atoms with van der Waals surface area (Å²) in [6.07, 6.45) is 3.01. The number of hydrogen-bond donors (Lipinski definition) is 3. The number of nitrogens with two attached hydrogens (primary N) is 1.